The van der Waals surface area contributed by atoms with E-state index in [9.17, 15) is 15.0 Å². The van der Waals surface area contributed by atoms with Crippen molar-refractivity contribution >= 4 is 21.8 Å². The molecule has 0 saturated carbocycles. The maximum Gasteiger partial charge on any atom is 0.257 e. The van der Waals surface area contributed by atoms with Crippen LogP contribution in [0.4, 0.5) is 0 Å². The number of aromatic hydroxyl groups is 1. The van der Waals surface area contributed by atoms with Crippen LogP contribution in [0, 0.1) is 5.92 Å². The molecule has 98 valence electrons. The van der Waals surface area contributed by atoms with Gasteiger partial charge in [-0.2, -0.15) is 0 Å². The number of benzene rings is 1. The van der Waals surface area contributed by atoms with Crippen molar-refractivity contribution in [1.29, 1.82) is 0 Å². The van der Waals surface area contributed by atoms with Crippen molar-refractivity contribution in [3.05, 3.63) is 28.2 Å². The van der Waals surface area contributed by atoms with E-state index in [0.717, 1.165) is 10.9 Å². The summed E-state index contributed by atoms with van der Waals surface area (Å²) < 4.78 is 0.746. The average molecular weight is 314 g/mol. The molecular formula is C13H16BrNO3. The molecule has 1 aliphatic rings. The Morgan fingerprint density at radius 1 is 1.50 bits per heavy atom. The molecule has 0 aromatic heterocycles. The van der Waals surface area contributed by atoms with Crippen LogP contribution < -0.4 is 0 Å². The number of hydrogen-bond acceptors (Lipinski definition) is 3. The molecule has 1 heterocycles. The van der Waals surface area contributed by atoms with E-state index in [1.807, 2.05) is 6.92 Å². The highest BCUT2D eigenvalue weighted by molar-refractivity contribution is 9.10. The van der Waals surface area contributed by atoms with Gasteiger partial charge in [0.15, 0.2) is 0 Å². The fraction of sp³-hybridized carbons (Fsp3) is 0.462. The summed E-state index contributed by atoms with van der Waals surface area (Å²) in [5, 5.41) is 19.5. The average Bonchev–Trinajstić information content (AvgIpc) is 2.73. The molecule has 1 aromatic carbocycles. The van der Waals surface area contributed by atoms with Crippen LogP contribution in [0.3, 0.4) is 0 Å². The lowest BCUT2D eigenvalue weighted by Gasteiger charge is -2.16. The minimum atomic E-state index is -0.465. The number of phenolic OH excluding ortho intramolecular Hbond substituents is 1. The molecule has 1 fully saturated rings. The molecule has 4 nitrogen and oxygen atoms in total. The third-order valence-corrected chi connectivity index (χ3v) is 3.90. The summed E-state index contributed by atoms with van der Waals surface area (Å²) in [5.41, 5.74) is 0.272. The molecule has 0 spiro atoms. The Hall–Kier alpha value is -1.07. The first-order valence-electron chi connectivity index (χ1n) is 5.98. The van der Waals surface area contributed by atoms with Crippen molar-refractivity contribution in [2.24, 2.45) is 5.92 Å². The van der Waals surface area contributed by atoms with Crippen LogP contribution in [-0.4, -0.2) is 40.2 Å². The molecule has 1 amide bonds. The van der Waals surface area contributed by atoms with Gasteiger partial charge >= 0.3 is 0 Å². The highest BCUT2D eigenvalue weighted by atomic mass is 79.9. The van der Waals surface area contributed by atoms with Crippen LogP contribution in [0.15, 0.2) is 22.7 Å². The predicted molar refractivity (Wildman–Crippen MR) is 71.5 cm³/mol. The van der Waals surface area contributed by atoms with Gasteiger partial charge in [0.1, 0.15) is 5.75 Å². The number of carbonyl (C=O) groups excluding carboxylic acids is 1. The van der Waals surface area contributed by atoms with Crippen molar-refractivity contribution in [2.45, 2.75) is 19.4 Å². The Balaban J connectivity index is 2.20. The Kier molecular flexibility index (Phi) is 3.92. The molecule has 0 radical (unpaired) electrons. The monoisotopic (exact) mass is 313 g/mol. The minimum absolute atomic E-state index is 0.0300. The Morgan fingerprint density at radius 2 is 2.22 bits per heavy atom. The highest BCUT2D eigenvalue weighted by Crippen LogP contribution is 2.27. The molecular weight excluding hydrogens is 298 g/mol. The quantitative estimate of drug-likeness (QED) is 0.878. The molecule has 1 saturated heterocycles. The van der Waals surface area contributed by atoms with Crippen LogP contribution in [0.1, 0.15) is 23.7 Å². The number of carbonyl (C=O) groups is 1. The zero-order valence-corrected chi connectivity index (χ0v) is 11.7. The molecule has 2 N–H and O–H groups in total. The van der Waals surface area contributed by atoms with Gasteiger partial charge in [-0.1, -0.05) is 22.9 Å². The van der Waals surface area contributed by atoms with Gasteiger partial charge in [0, 0.05) is 23.5 Å². The number of halogens is 1. The summed E-state index contributed by atoms with van der Waals surface area (Å²) in [5.74, 6) is -0.135. The van der Waals surface area contributed by atoms with E-state index in [2.05, 4.69) is 15.9 Å². The zero-order valence-electron chi connectivity index (χ0n) is 10.1. The Morgan fingerprint density at radius 3 is 2.83 bits per heavy atom. The van der Waals surface area contributed by atoms with Crippen LogP contribution >= 0.6 is 15.9 Å². The largest absolute Gasteiger partial charge is 0.507 e. The van der Waals surface area contributed by atoms with Crippen molar-refractivity contribution in [1.82, 2.24) is 4.90 Å². The number of hydrogen-bond donors (Lipinski definition) is 2. The van der Waals surface area contributed by atoms with Gasteiger partial charge in [0.2, 0.25) is 0 Å². The topological polar surface area (TPSA) is 60.8 Å². The van der Waals surface area contributed by atoms with Crippen LogP contribution in [-0.2, 0) is 0 Å². The molecule has 1 aromatic rings. The van der Waals surface area contributed by atoms with E-state index in [4.69, 9.17) is 0 Å². The second-order valence-corrected chi connectivity index (χ2v) is 5.52. The van der Waals surface area contributed by atoms with Crippen molar-refractivity contribution in [3.8, 4) is 5.75 Å². The molecule has 18 heavy (non-hydrogen) atoms. The third-order valence-electron chi connectivity index (χ3n) is 3.41. The van der Waals surface area contributed by atoms with Crippen molar-refractivity contribution in [2.75, 3.05) is 13.1 Å². The number of β-amino-alcohol motifs (C(OH)–C–C–N with tert-alkyl or cyclic N) is 1. The predicted octanol–water partition coefficient (Wildman–Crippen LogP) is 2.00. The van der Waals surface area contributed by atoms with Gasteiger partial charge < -0.3 is 15.1 Å². The number of nitrogens with zero attached hydrogens (tertiary/aromatic N) is 1. The van der Waals surface area contributed by atoms with Gasteiger partial charge in [-0.3, -0.25) is 4.79 Å². The molecule has 0 bridgehead atoms. The van der Waals surface area contributed by atoms with E-state index in [-0.39, 0.29) is 23.1 Å². The van der Waals surface area contributed by atoms with Crippen LogP contribution in [0.2, 0.25) is 0 Å². The maximum atomic E-state index is 12.3. The second kappa shape index (κ2) is 5.28. The van der Waals surface area contributed by atoms with Gasteiger partial charge in [-0.05, 0) is 24.6 Å². The third kappa shape index (κ3) is 2.52. The number of phenols is 1. The van der Waals surface area contributed by atoms with Crippen molar-refractivity contribution in [3.63, 3.8) is 0 Å². The lowest BCUT2D eigenvalue weighted by molar-refractivity contribution is 0.0761. The molecule has 5 heteroatoms. The molecule has 2 rings (SSSR count). The summed E-state index contributed by atoms with van der Waals surface area (Å²) >= 11 is 3.28. The minimum Gasteiger partial charge on any atom is -0.507 e. The maximum absolute atomic E-state index is 12.3. The summed E-state index contributed by atoms with van der Waals surface area (Å²) in [6.07, 6.45) is 0.378. The Bertz CT molecular complexity index is 464. The summed E-state index contributed by atoms with van der Waals surface area (Å²) in [4.78, 5) is 13.9. The number of rotatable bonds is 2. The van der Waals surface area contributed by atoms with E-state index in [1.54, 1.807) is 17.0 Å². The summed E-state index contributed by atoms with van der Waals surface area (Å²) in [7, 11) is 0. The summed E-state index contributed by atoms with van der Waals surface area (Å²) in [6.45, 7) is 2.88. The standard InChI is InChI=1S/C13H16BrNO3/c1-2-8-6-15(7-12(8)17)13(18)10-5-9(14)3-4-11(10)16/h3-5,8,12,16-17H,2,6-7H2,1H3. The number of aliphatic hydroxyl groups excluding tert-OH is 1. The zero-order chi connectivity index (χ0) is 13.3. The molecule has 0 aliphatic carbocycles. The lowest BCUT2D eigenvalue weighted by atomic mass is 10.0. The van der Waals surface area contributed by atoms with Crippen LogP contribution in [0.5, 0.6) is 5.75 Å². The SMILES string of the molecule is CCC1CN(C(=O)c2cc(Br)ccc2O)CC1O. The Labute approximate surface area is 114 Å². The van der Waals surface area contributed by atoms with Crippen molar-refractivity contribution < 1.29 is 15.0 Å². The normalized spacial score (nSPS) is 23.4. The molecule has 1 aliphatic heterocycles. The lowest BCUT2D eigenvalue weighted by Crippen LogP contribution is -2.29. The van der Waals surface area contributed by atoms with E-state index < -0.39 is 6.10 Å². The fourth-order valence-corrected chi connectivity index (χ4v) is 2.63. The van der Waals surface area contributed by atoms with E-state index in [0.29, 0.717) is 13.1 Å². The van der Waals surface area contributed by atoms with E-state index in [1.165, 1.54) is 6.07 Å². The highest BCUT2D eigenvalue weighted by Gasteiger charge is 2.33. The first-order chi connectivity index (χ1) is 8.52. The van der Waals surface area contributed by atoms with Crippen LogP contribution in [0.25, 0.3) is 0 Å². The van der Waals surface area contributed by atoms with Gasteiger partial charge in [0.25, 0.3) is 5.91 Å². The smallest absolute Gasteiger partial charge is 0.257 e. The van der Waals surface area contributed by atoms with Gasteiger partial charge in [-0.15, -0.1) is 0 Å². The van der Waals surface area contributed by atoms with E-state index >= 15 is 0 Å². The molecule has 2 unspecified atom stereocenters. The second-order valence-electron chi connectivity index (χ2n) is 4.61. The number of aliphatic hydroxyl groups is 1. The fourth-order valence-electron chi connectivity index (χ4n) is 2.27. The first-order valence-corrected chi connectivity index (χ1v) is 6.78. The number of amides is 1. The molecule has 2 atom stereocenters. The van der Waals surface area contributed by atoms with Gasteiger partial charge in [0.05, 0.1) is 11.7 Å². The van der Waals surface area contributed by atoms with Gasteiger partial charge in [-0.25, -0.2) is 0 Å². The first kappa shape index (κ1) is 13.4. The summed E-state index contributed by atoms with van der Waals surface area (Å²) in [6, 6.07) is 4.77. The number of likely N-dealkylation sites (tertiary alicyclic amines) is 1.